The monoisotopic (exact) mass is 450 g/mol. The van der Waals surface area contributed by atoms with E-state index in [-0.39, 0.29) is 5.76 Å². The number of benzene rings is 1. The maximum absolute atomic E-state index is 10.5. The number of hydrogen-bond acceptors (Lipinski definition) is 6. The van der Waals surface area contributed by atoms with Gasteiger partial charge < -0.3 is 10.0 Å². The molecule has 0 fully saturated rings. The molecule has 0 radical (unpaired) electrons. The van der Waals surface area contributed by atoms with Crippen molar-refractivity contribution in [1.82, 2.24) is 24.5 Å². The maximum Gasteiger partial charge on any atom is 0.160 e. The Balaban J connectivity index is 1.25. The molecule has 1 aliphatic heterocycles. The molecular formula is C22H19ClN6OS. The molecule has 0 saturated carbocycles. The van der Waals surface area contributed by atoms with E-state index >= 15 is 0 Å². The van der Waals surface area contributed by atoms with Crippen LogP contribution in [-0.4, -0.2) is 48.5 Å². The van der Waals surface area contributed by atoms with Gasteiger partial charge in [-0.3, -0.25) is 9.81 Å². The first kappa shape index (κ1) is 19.7. The largest absolute Gasteiger partial charge is 0.510 e. The molecule has 1 aromatic carbocycles. The summed E-state index contributed by atoms with van der Waals surface area (Å²) in [5.41, 5.74) is 3.10. The number of aryl methyl sites for hydroxylation is 1. The first-order chi connectivity index (χ1) is 15.1. The number of pyridine rings is 1. The second kappa shape index (κ2) is 8.13. The third-order valence-corrected chi connectivity index (χ3v) is 6.36. The van der Waals surface area contributed by atoms with Gasteiger partial charge >= 0.3 is 0 Å². The zero-order valence-electron chi connectivity index (χ0n) is 16.5. The van der Waals surface area contributed by atoms with E-state index < -0.39 is 0 Å². The lowest BCUT2D eigenvalue weighted by Crippen LogP contribution is -2.28. The highest BCUT2D eigenvalue weighted by Crippen LogP contribution is 2.32. The molecule has 9 heteroatoms. The fourth-order valence-corrected chi connectivity index (χ4v) is 4.70. The second-order valence-electron chi connectivity index (χ2n) is 7.29. The Labute approximate surface area is 187 Å². The standard InChI is InChI=1S/C22H19ClN6OS/c23-15-8-6-14(7-9-15)16-13-31-22(25-16)20-17(30)12-28(21(20)24)10-3-5-19-27-26-18-4-1-2-11-29(18)19/h1-2,4,6-9,11,13,24,30H,3,5,10,12H2. The number of hydrogen-bond donors (Lipinski definition) is 2. The van der Waals surface area contributed by atoms with E-state index in [4.69, 9.17) is 17.0 Å². The zero-order chi connectivity index (χ0) is 21.4. The molecule has 0 aliphatic carbocycles. The topological polar surface area (TPSA) is 90.4 Å². The zero-order valence-corrected chi connectivity index (χ0v) is 18.1. The Morgan fingerprint density at radius 2 is 1.97 bits per heavy atom. The van der Waals surface area contributed by atoms with Gasteiger partial charge in [-0.05, 0) is 30.7 Å². The molecular weight excluding hydrogens is 432 g/mol. The molecule has 0 bridgehead atoms. The number of aliphatic hydroxyl groups is 1. The summed E-state index contributed by atoms with van der Waals surface area (Å²) in [4.78, 5) is 6.52. The average Bonchev–Trinajstić information content (AvgIpc) is 3.47. The van der Waals surface area contributed by atoms with E-state index in [1.54, 1.807) is 0 Å². The van der Waals surface area contributed by atoms with Crippen LogP contribution in [0, 0.1) is 5.41 Å². The summed E-state index contributed by atoms with van der Waals surface area (Å²) in [7, 11) is 0. The number of nitrogens with zero attached hydrogens (tertiary/aromatic N) is 5. The van der Waals surface area contributed by atoms with Crippen LogP contribution in [-0.2, 0) is 6.42 Å². The number of amidine groups is 1. The highest BCUT2D eigenvalue weighted by molar-refractivity contribution is 7.11. The molecule has 0 amide bonds. The van der Waals surface area contributed by atoms with Gasteiger partial charge in [-0.15, -0.1) is 21.5 Å². The van der Waals surface area contributed by atoms with Crippen molar-refractivity contribution in [3.05, 3.63) is 75.7 Å². The van der Waals surface area contributed by atoms with Crippen LogP contribution in [0.2, 0.25) is 5.02 Å². The number of fused-ring (bicyclic) bond motifs is 1. The first-order valence-electron chi connectivity index (χ1n) is 9.86. The van der Waals surface area contributed by atoms with E-state index in [0.717, 1.165) is 35.6 Å². The summed E-state index contributed by atoms with van der Waals surface area (Å²) in [5.74, 6) is 1.39. The van der Waals surface area contributed by atoms with Crippen LogP contribution >= 0.6 is 22.9 Å². The third kappa shape index (κ3) is 3.80. The first-order valence-corrected chi connectivity index (χ1v) is 11.1. The summed E-state index contributed by atoms with van der Waals surface area (Å²) in [5, 5.41) is 30.8. The van der Waals surface area contributed by atoms with E-state index in [1.165, 1.54) is 11.3 Å². The third-order valence-electron chi connectivity index (χ3n) is 5.25. The van der Waals surface area contributed by atoms with Gasteiger partial charge in [0.1, 0.15) is 22.4 Å². The molecule has 4 aromatic rings. The Kier molecular flexibility index (Phi) is 5.17. The molecule has 156 valence electrons. The van der Waals surface area contributed by atoms with Gasteiger partial charge in [-0.1, -0.05) is 29.8 Å². The SMILES string of the molecule is N=C1C(c2nc(-c3ccc(Cl)cc3)cs2)=C(O)CN1CCCc1nnc2ccccn12. The van der Waals surface area contributed by atoms with Crippen molar-refractivity contribution in [2.45, 2.75) is 12.8 Å². The Morgan fingerprint density at radius 1 is 1.13 bits per heavy atom. The van der Waals surface area contributed by atoms with Crippen LogP contribution in [0.25, 0.3) is 22.5 Å². The lowest BCUT2D eigenvalue weighted by atomic mass is 10.2. The molecule has 0 saturated heterocycles. The lowest BCUT2D eigenvalue weighted by molar-refractivity contribution is 0.347. The number of nitrogens with one attached hydrogen (secondary N) is 1. The highest BCUT2D eigenvalue weighted by Gasteiger charge is 2.30. The van der Waals surface area contributed by atoms with Crippen molar-refractivity contribution in [2.75, 3.05) is 13.1 Å². The predicted molar refractivity (Wildman–Crippen MR) is 123 cm³/mol. The molecule has 3 aromatic heterocycles. The quantitative estimate of drug-likeness (QED) is 0.444. The molecule has 0 spiro atoms. The van der Waals surface area contributed by atoms with Gasteiger partial charge in [0.15, 0.2) is 5.65 Å². The van der Waals surface area contributed by atoms with Gasteiger partial charge in [-0.25, -0.2) is 4.98 Å². The molecule has 5 rings (SSSR count). The van der Waals surface area contributed by atoms with E-state index in [1.807, 2.05) is 63.3 Å². The normalized spacial score (nSPS) is 14.2. The van der Waals surface area contributed by atoms with Gasteiger partial charge in [-0.2, -0.15) is 0 Å². The number of aromatic nitrogens is 4. The van der Waals surface area contributed by atoms with Gasteiger partial charge in [0.25, 0.3) is 0 Å². The number of thiazole rings is 1. The van der Waals surface area contributed by atoms with Crippen molar-refractivity contribution in [3.63, 3.8) is 0 Å². The minimum atomic E-state index is 0.190. The second-order valence-corrected chi connectivity index (χ2v) is 8.58. The van der Waals surface area contributed by atoms with Crippen molar-refractivity contribution in [1.29, 1.82) is 5.41 Å². The van der Waals surface area contributed by atoms with Gasteiger partial charge in [0.2, 0.25) is 0 Å². The van der Waals surface area contributed by atoms with E-state index in [0.29, 0.717) is 34.5 Å². The lowest BCUT2D eigenvalue weighted by Gasteiger charge is -2.17. The van der Waals surface area contributed by atoms with Gasteiger partial charge in [0.05, 0.1) is 17.8 Å². The molecule has 0 unspecified atom stereocenters. The van der Waals surface area contributed by atoms with Gasteiger partial charge in [0, 0.05) is 35.1 Å². The summed E-state index contributed by atoms with van der Waals surface area (Å²) in [6.45, 7) is 0.966. The molecule has 1 aliphatic rings. The van der Waals surface area contributed by atoms with E-state index in [9.17, 15) is 5.11 Å². The van der Waals surface area contributed by atoms with Crippen LogP contribution in [0.15, 0.2) is 59.8 Å². The van der Waals surface area contributed by atoms with Crippen molar-refractivity contribution in [3.8, 4) is 11.3 Å². The predicted octanol–water partition coefficient (Wildman–Crippen LogP) is 4.70. The number of rotatable bonds is 6. The minimum Gasteiger partial charge on any atom is -0.510 e. The molecule has 4 heterocycles. The van der Waals surface area contributed by atoms with Crippen molar-refractivity contribution < 1.29 is 5.11 Å². The summed E-state index contributed by atoms with van der Waals surface area (Å²) in [6.07, 6.45) is 3.49. The minimum absolute atomic E-state index is 0.190. The highest BCUT2D eigenvalue weighted by atomic mass is 35.5. The van der Waals surface area contributed by atoms with Crippen LogP contribution in [0.1, 0.15) is 17.3 Å². The Hall–Kier alpha value is -3.23. The average molecular weight is 451 g/mol. The summed E-state index contributed by atoms with van der Waals surface area (Å²) < 4.78 is 1.98. The number of halogens is 1. The van der Waals surface area contributed by atoms with Crippen molar-refractivity contribution in [2.24, 2.45) is 0 Å². The molecule has 31 heavy (non-hydrogen) atoms. The Morgan fingerprint density at radius 3 is 2.81 bits per heavy atom. The van der Waals surface area contributed by atoms with E-state index in [2.05, 4.69) is 15.2 Å². The van der Waals surface area contributed by atoms with Crippen LogP contribution in [0.4, 0.5) is 0 Å². The van der Waals surface area contributed by atoms with Crippen LogP contribution in [0.3, 0.4) is 0 Å². The molecule has 0 atom stereocenters. The maximum atomic E-state index is 10.5. The molecule has 7 nitrogen and oxygen atoms in total. The van der Waals surface area contributed by atoms with Crippen LogP contribution < -0.4 is 0 Å². The summed E-state index contributed by atoms with van der Waals surface area (Å²) in [6, 6.07) is 13.3. The fraction of sp³-hybridized carbons (Fsp3) is 0.182. The van der Waals surface area contributed by atoms with Crippen LogP contribution in [0.5, 0.6) is 0 Å². The smallest absolute Gasteiger partial charge is 0.160 e. The Bertz CT molecular complexity index is 1290. The summed E-state index contributed by atoms with van der Waals surface area (Å²) >= 11 is 7.39. The molecule has 2 N–H and O–H groups in total. The number of aliphatic hydroxyl groups excluding tert-OH is 1. The van der Waals surface area contributed by atoms with Crippen molar-refractivity contribution >= 4 is 40.0 Å². The fourth-order valence-electron chi connectivity index (χ4n) is 3.68.